The molecule has 1 aliphatic heterocycles. The quantitative estimate of drug-likeness (QED) is 0.815. The zero-order valence-corrected chi connectivity index (χ0v) is 14.9. The average Bonchev–Trinajstić information content (AvgIpc) is 2.44. The Morgan fingerprint density at radius 3 is 2.70 bits per heavy atom. The molecule has 1 heterocycles. The van der Waals surface area contributed by atoms with Crippen LogP contribution >= 0.6 is 0 Å². The molecule has 5 heteroatoms. The van der Waals surface area contributed by atoms with Gasteiger partial charge in [0.25, 0.3) is 0 Å². The maximum absolute atomic E-state index is 12.2. The number of carbonyl (C=O) groups is 2. The second kappa shape index (κ2) is 7.20. The Labute approximate surface area is 139 Å². The molecule has 0 bridgehead atoms. The molecule has 0 aromatic carbocycles. The van der Waals surface area contributed by atoms with Crippen LogP contribution in [0.1, 0.15) is 72.1 Å². The van der Waals surface area contributed by atoms with Crippen molar-refractivity contribution in [2.24, 2.45) is 5.41 Å². The third-order valence-corrected chi connectivity index (χ3v) is 5.29. The highest BCUT2D eigenvalue weighted by Crippen LogP contribution is 2.40. The van der Waals surface area contributed by atoms with Crippen LogP contribution in [0.25, 0.3) is 0 Å². The van der Waals surface area contributed by atoms with Gasteiger partial charge in [0.15, 0.2) is 0 Å². The van der Waals surface area contributed by atoms with E-state index in [1.165, 1.54) is 0 Å². The van der Waals surface area contributed by atoms with E-state index < -0.39 is 5.60 Å². The number of nitrogens with zero attached hydrogens (tertiary/aromatic N) is 1. The minimum Gasteiger partial charge on any atom is -0.388 e. The number of rotatable bonds is 5. The van der Waals surface area contributed by atoms with Gasteiger partial charge >= 0.3 is 0 Å². The van der Waals surface area contributed by atoms with Gasteiger partial charge in [-0.15, -0.1) is 0 Å². The molecule has 2 aliphatic rings. The number of aliphatic hydroxyl groups is 1. The molecule has 5 nitrogen and oxygen atoms in total. The van der Waals surface area contributed by atoms with Gasteiger partial charge in [0.2, 0.25) is 11.8 Å². The molecule has 0 unspecified atom stereocenters. The molecule has 2 amide bonds. The van der Waals surface area contributed by atoms with E-state index in [4.69, 9.17) is 0 Å². The van der Waals surface area contributed by atoms with Crippen molar-refractivity contribution in [2.45, 2.75) is 83.8 Å². The van der Waals surface area contributed by atoms with Crippen molar-refractivity contribution in [2.75, 3.05) is 13.1 Å². The van der Waals surface area contributed by atoms with E-state index in [0.29, 0.717) is 19.4 Å². The number of amides is 2. The SMILES string of the molecule is C[C@H](CC(=O)NC[C@]1(O)CCCC(C)(C)C1)N1CCCCC1=O. The predicted molar refractivity (Wildman–Crippen MR) is 89.9 cm³/mol. The molecule has 2 N–H and O–H groups in total. The maximum Gasteiger partial charge on any atom is 0.222 e. The number of piperidine rings is 1. The lowest BCUT2D eigenvalue weighted by Gasteiger charge is -2.41. The predicted octanol–water partition coefficient (Wildman–Crippen LogP) is 2.22. The molecule has 0 aromatic rings. The maximum atomic E-state index is 12.2. The van der Waals surface area contributed by atoms with E-state index in [2.05, 4.69) is 19.2 Å². The third-order valence-electron chi connectivity index (χ3n) is 5.29. The van der Waals surface area contributed by atoms with Crippen molar-refractivity contribution in [1.82, 2.24) is 10.2 Å². The number of hydrogen-bond donors (Lipinski definition) is 2. The summed E-state index contributed by atoms with van der Waals surface area (Å²) in [5.74, 6) is 0.0805. The molecular weight excluding hydrogens is 292 g/mol. The van der Waals surface area contributed by atoms with Crippen LogP contribution in [0.15, 0.2) is 0 Å². The van der Waals surface area contributed by atoms with Gasteiger partial charge in [0, 0.05) is 32.0 Å². The highest BCUT2D eigenvalue weighted by Gasteiger charge is 2.38. The number of likely N-dealkylation sites (tertiary alicyclic amines) is 1. The fourth-order valence-electron chi connectivity index (χ4n) is 4.12. The summed E-state index contributed by atoms with van der Waals surface area (Å²) in [5, 5.41) is 13.6. The van der Waals surface area contributed by atoms with Gasteiger partial charge < -0.3 is 15.3 Å². The Morgan fingerprint density at radius 1 is 1.30 bits per heavy atom. The van der Waals surface area contributed by atoms with Crippen molar-refractivity contribution in [3.8, 4) is 0 Å². The van der Waals surface area contributed by atoms with Gasteiger partial charge in [-0.05, 0) is 50.9 Å². The summed E-state index contributed by atoms with van der Waals surface area (Å²) in [7, 11) is 0. The van der Waals surface area contributed by atoms with E-state index in [0.717, 1.165) is 45.1 Å². The Morgan fingerprint density at radius 2 is 2.04 bits per heavy atom. The largest absolute Gasteiger partial charge is 0.388 e. The van der Waals surface area contributed by atoms with Crippen LogP contribution < -0.4 is 5.32 Å². The van der Waals surface area contributed by atoms with Crippen LogP contribution in [0.2, 0.25) is 0 Å². The molecule has 0 spiro atoms. The minimum atomic E-state index is -0.790. The molecule has 1 saturated carbocycles. The summed E-state index contributed by atoms with van der Waals surface area (Å²) in [4.78, 5) is 25.9. The lowest BCUT2D eigenvalue weighted by molar-refractivity contribution is -0.136. The summed E-state index contributed by atoms with van der Waals surface area (Å²) in [5.41, 5.74) is -0.660. The zero-order valence-electron chi connectivity index (χ0n) is 14.9. The lowest BCUT2D eigenvalue weighted by Crippen LogP contribution is -2.49. The molecule has 132 valence electrons. The van der Waals surface area contributed by atoms with Crippen LogP contribution in [0, 0.1) is 5.41 Å². The normalized spacial score (nSPS) is 29.2. The van der Waals surface area contributed by atoms with Crippen LogP contribution in [0.5, 0.6) is 0 Å². The topological polar surface area (TPSA) is 69.6 Å². The first kappa shape index (κ1) is 18.2. The van der Waals surface area contributed by atoms with Gasteiger partial charge in [-0.25, -0.2) is 0 Å². The van der Waals surface area contributed by atoms with Gasteiger partial charge in [0.05, 0.1) is 5.60 Å². The van der Waals surface area contributed by atoms with Crippen LogP contribution in [0.3, 0.4) is 0 Å². The molecule has 1 saturated heterocycles. The van der Waals surface area contributed by atoms with Gasteiger partial charge in [0.1, 0.15) is 0 Å². The number of carbonyl (C=O) groups excluding carboxylic acids is 2. The van der Waals surface area contributed by atoms with Crippen molar-refractivity contribution >= 4 is 11.8 Å². The molecule has 2 fully saturated rings. The molecule has 1 aliphatic carbocycles. The highest BCUT2D eigenvalue weighted by atomic mass is 16.3. The van der Waals surface area contributed by atoms with Crippen molar-refractivity contribution < 1.29 is 14.7 Å². The fourth-order valence-corrected chi connectivity index (χ4v) is 4.12. The lowest BCUT2D eigenvalue weighted by atomic mass is 9.70. The van der Waals surface area contributed by atoms with Crippen molar-refractivity contribution in [3.63, 3.8) is 0 Å². The molecule has 2 atom stereocenters. The van der Waals surface area contributed by atoms with E-state index in [9.17, 15) is 14.7 Å². The summed E-state index contributed by atoms with van der Waals surface area (Å²) < 4.78 is 0. The monoisotopic (exact) mass is 324 g/mol. The van der Waals surface area contributed by atoms with E-state index in [1.807, 2.05) is 11.8 Å². The Balaban J connectivity index is 1.79. The van der Waals surface area contributed by atoms with Crippen LogP contribution in [-0.4, -0.2) is 46.6 Å². The second-order valence-corrected chi connectivity index (χ2v) is 8.29. The van der Waals surface area contributed by atoms with E-state index >= 15 is 0 Å². The fraction of sp³-hybridized carbons (Fsp3) is 0.889. The first-order valence-corrected chi connectivity index (χ1v) is 8.99. The minimum absolute atomic E-state index is 0.0692. The summed E-state index contributed by atoms with van der Waals surface area (Å²) >= 11 is 0. The molecule has 2 rings (SSSR count). The smallest absolute Gasteiger partial charge is 0.222 e. The molecule has 0 radical (unpaired) electrons. The number of nitrogens with one attached hydrogen (secondary N) is 1. The first-order chi connectivity index (χ1) is 10.7. The van der Waals surface area contributed by atoms with Crippen LogP contribution in [-0.2, 0) is 9.59 Å². The van der Waals surface area contributed by atoms with Crippen molar-refractivity contribution in [3.05, 3.63) is 0 Å². The second-order valence-electron chi connectivity index (χ2n) is 8.29. The molecule has 0 aromatic heterocycles. The summed E-state index contributed by atoms with van der Waals surface area (Å²) in [6.45, 7) is 7.34. The Hall–Kier alpha value is -1.10. The zero-order chi connectivity index (χ0) is 17.1. The van der Waals surface area contributed by atoms with Gasteiger partial charge in [-0.2, -0.15) is 0 Å². The molecular formula is C18H32N2O3. The summed E-state index contributed by atoms with van der Waals surface area (Å²) in [6.07, 6.45) is 6.47. The highest BCUT2D eigenvalue weighted by molar-refractivity contribution is 5.80. The van der Waals surface area contributed by atoms with E-state index in [1.54, 1.807) is 0 Å². The van der Waals surface area contributed by atoms with Gasteiger partial charge in [-0.3, -0.25) is 9.59 Å². The summed E-state index contributed by atoms with van der Waals surface area (Å²) in [6, 6.07) is -0.0692. The average molecular weight is 324 g/mol. The standard InChI is InChI=1S/C18H32N2O3/c1-14(20-10-5-4-7-16(20)22)11-15(21)19-13-18(23)9-6-8-17(2,3)12-18/h14,23H,4-13H2,1-3H3,(H,19,21)/t14-,18+/m1/s1. The number of hydrogen-bond acceptors (Lipinski definition) is 3. The van der Waals surface area contributed by atoms with Crippen molar-refractivity contribution in [1.29, 1.82) is 0 Å². The van der Waals surface area contributed by atoms with E-state index in [-0.39, 0.29) is 23.3 Å². The first-order valence-electron chi connectivity index (χ1n) is 8.99. The van der Waals surface area contributed by atoms with Crippen LogP contribution in [0.4, 0.5) is 0 Å². The Kier molecular flexibility index (Phi) is 5.71. The molecule has 23 heavy (non-hydrogen) atoms. The van der Waals surface area contributed by atoms with Gasteiger partial charge in [-0.1, -0.05) is 13.8 Å². The third kappa shape index (κ3) is 5.20. The Bertz CT molecular complexity index is 450.